The molecule has 0 bridgehead atoms. The number of piperidine rings is 1. The largest absolute Gasteiger partial charge is 0.416 e. The lowest BCUT2D eigenvalue weighted by molar-refractivity contribution is -0.384. The number of nitro groups is 1. The molecule has 32 heavy (non-hydrogen) atoms. The summed E-state index contributed by atoms with van der Waals surface area (Å²) in [4.78, 5) is 36.7. The number of alkyl halides is 3. The quantitative estimate of drug-likeness (QED) is 0.407. The van der Waals surface area contributed by atoms with E-state index in [2.05, 4.69) is 10.9 Å². The molecule has 2 amide bonds. The van der Waals surface area contributed by atoms with Crippen LogP contribution in [0.2, 0.25) is 0 Å². The van der Waals surface area contributed by atoms with E-state index < -0.39 is 40.0 Å². The fourth-order valence-corrected chi connectivity index (χ4v) is 3.35. The molecule has 0 aliphatic carbocycles. The third-order valence-corrected chi connectivity index (χ3v) is 5.01. The van der Waals surface area contributed by atoms with Gasteiger partial charge in [-0.1, -0.05) is 0 Å². The van der Waals surface area contributed by atoms with Crippen LogP contribution >= 0.6 is 0 Å². The second-order valence-corrected chi connectivity index (χ2v) is 7.20. The van der Waals surface area contributed by atoms with E-state index in [-0.39, 0.29) is 23.7 Å². The summed E-state index contributed by atoms with van der Waals surface area (Å²) in [7, 11) is 0. The maximum absolute atomic E-state index is 13.1. The molecule has 1 aliphatic rings. The Bertz CT molecular complexity index is 1030. The van der Waals surface area contributed by atoms with Crippen LogP contribution in [-0.2, 0) is 11.0 Å². The summed E-state index contributed by atoms with van der Waals surface area (Å²) in [6.07, 6.45) is -3.80. The van der Waals surface area contributed by atoms with Gasteiger partial charge in [-0.3, -0.25) is 30.6 Å². The van der Waals surface area contributed by atoms with Crippen molar-refractivity contribution in [3.63, 3.8) is 0 Å². The number of hydrogen-bond acceptors (Lipinski definition) is 5. The van der Waals surface area contributed by atoms with Crippen molar-refractivity contribution >= 4 is 23.2 Å². The molecule has 1 heterocycles. The highest BCUT2D eigenvalue weighted by atomic mass is 19.4. The smallest absolute Gasteiger partial charge is 0.338 e. The Balaban J connectivity index is 1.65. The van der Waals surface area contributed by atoms with Crippen molar-refractivity contribution < 1.29 is 32.1 Å². The zero-order valence-electron chi connectivity index (χ0n) is 16.5. The number of nitrogens with zero attached hydrogens (tertiary/aromatic N) is 2. The van der Waals surface area contributed by atoms with Crippen molar-refractivity contribution in [1.82, 2.24) is 10.3 Å². The predicted molar refractivity (Wildman–Crippen MR) is 105 cm³/mol. The van der Waals surface area contributed by atoms with Crippen LogP contribution < -0.4 is 10.9 Å². The molecule has 0 spiro atoms. The maximum Gasteiger partial charge on any atom is 0.416 e. The zero-order valence-corrected chi connectivity index (χ0v) is 16.5. The van der Waals surface area contributed by atoms with Crippen molar-refractivity contribution in [3.8, 4) is 0 Å². The van der Waals surface area contributed by atoms with E-state index in [0.29, 0.717) is 31.5 Å². The van der Waals surface area contributed by atoms with Crippen molar-refractivity contribution in [3.05, 3.63) is 69.5 Å². The summed E-state index contributed by atoms with van der Waals surface area (Å²) >= 11 is 0. The van der Waals surface area contributed by atoms with Gasteiger partial charge in [0, 0.05) is 24.7 Å². The number of likely N-dealkylation sites (tertiary alicyclic amines) is 1. The zero-order chi connectivity index (χ0) is 23.5. The highest BCUT2D eigenvalue weighted by molar-refractivity contribution is 5.94. The number of carbonyl (C=O) groups excluding carboxylic acids is 2. The third-order valence-electron chi connectivity index (χ3n) is 5.01. The highest BCUT2D eigenvalue weighted by Crippen LogP contribution is 2.34. The van der Waals surface area contributed by atoms with Crippen LogP contribution in [0.5, 0.6) is 0 Å². The van der Waals surface area contributed by atoms with Crippen molar-refractivity contribution in [2.75, 3.05) is 18.5 Å². The molecule has 2 N–H and O–H groups in total. The Morgan fingerprint density at radius 3 is 2.44 bits per heavy atom. The molecule has 2 aromatic carbocycles. The average Bonchev–Trinajstić information content (AvgIpc) is 2.76. The van der Waals surface area contributed by atoms with Gasteiger partial charge in [0.1, 0.15) is 11.5 Å². The summed E-state index contributed by atoms with van der Waals surface area (Å²) in [5.74, 6) is -2.07. The minimum atomic E-state index is -4.75. The Labute approximate surface area is 179 Å². The molecule has 1 atom stereocenters. The van der Waals surface area contributed by atoms with E-state index in [1.165, 1.54) is 17.0 Å². The first kappa shape index (κ1) is 23.0. The summed E-state index contributed by atoms with van der Waals surface area (Å²) in [6, 6.07) is 6.87. The molecule has 1 fully saturated rings. The molecular weight excluding hydrogens is 436 g/mol. The van der Waals surface area contributed by atoms with E-state index in [9.17, 15) is 37.3 Å². The van der Waals surface area contributed by atoms with Crippen LogP contribution in [0, 0.1) is 21.8 Å². The normalized spacial score (nSPS) is 16.4. The van der Waals surface area contributed by atoms with E-state index >= 15 is 0 Å². The van der Waals surface area contributed by atoms with Crippen LogP contribution in [0.1, 0.15) is 28.8 Å². The summed E-state index contributed by atoms with van der Waals surface area (Å²) < 4.78 is 51.5. The fourth-order valence-electron chi connectivity index (χ4n) is 3.35. The van der Waals surface area contributed by atoms with Gasteiger partial charge in [0.05, 0.1) is 16.4 Å². The summed E-state index contributed by atoms with van der Waals surface area (Å²) in [5.41, 5.74) is 2.48. The lowest BCUT2D eigenvalue weighted by Gasteiger charge is -2.32. The first-order chi connectivity index (χ1) is 15.1. The third kappa shape index (κ3) is 5.31. The number of anilines is 1. The lowest BCUT2D eigenvalue weighted by atomic mass is 9.96. The number of halogens is 4. The standard InChI is InChI=1S/C20H18F4N4O4/c21-15-6-3-12(4-7-15)19(30)27-9-1-2-13(11-27)18(29)26-25-16-8-5-14(20(22,23)24)10-17(16)28(31)32/h3-8,10,13,25H,1-2,9,11H2,(H,26,29). The Morgan fingerprint density at radius 1 is 1.12 bits per heavy atom. The number of hydrazine groups is 1. The van der Waals surface area contributed by atoms with Crippen LogP contribution in [0.15, 0.2) is 42.5 Å². The van der Waals surface area contributed by atoms with Gasteiger partial charge in [-0.2, -0.15) is 13.2 Å². The molecule has 0 saturated carbocycles. The van der Waals surface area contributed by atoms with Gasteiger partial charge in [-0.25, -0.2) is 4.39 Å². The van der Waals surface area contributed by atoms with Gasteiger partial charge in [0.15, 0.2) is 0 Å². The lowest BCUT2D eigenvalue weighted by Crippen LogP contribution is -2.46. The minimum absolute atomic E-state index is 0.0683. The topological polar surface area (TPSA) is 105 Å². The Kier molecular flexibility index (Phi) is 6.61. The van der Waals surface area contributed by atoms with Crippen molar-refractivity contribution in [2.45, 2.75) is 19.0 Å². The van der Waals surface area contributed by atoms with Crippen LogP contribution in [0.3, 0.4) is 0 Å². The second-order valence-electron chi connectivity index (χ2n) is 7.20. The maximum atomic E-state index is 13.1. The first-order valence-corrected chi connectivity index (χ1v) is 9.52. The Hall–Kier alpha value is -3.70. The number of carbonyl (C=O) groups is 2. The van der Waals surface area contributed by atoms with Crippen molar-refractivity contribution in [1.29, 1.82) is 0 Å². The molecule has 2 aromatic rings. The van der Waals surface area contributed by atoms with Crippen LogP contribution in [0.4, 0.5) is 28.9 Å². The molecule has 8 nitrogen and oxygen atoms in total. The first-order valence-electron chi connectivity index (χ1n) is 9.52. The molecule has 12 heteroatoms. The van der Waals surface area contributed by atoms with E-state index in [1.54, 1.807) is 0 Å². The van der Waals surface area contributed by atoms with Crippen LogP contribution in [0.25, 0.3) is 0 Å². The van der Waals surface area contributed by atoms with Crippen molar-refractivity contribution in [2.24, 2.45) is 5.92 Å². The van der Waals surface area contributed by atoms with Gasteiger partial charge in [-0.05, 0) is 49.2 Å². The summed E-state index contributed by atoms with van der Waals surface area (Å²) in [5, 5.41) is 11.1. The molecular formula is C20H18F4N4O4. The number of amides is 2. The molecule has 1 saturated heterocycles. The van der Waals surface area contributed by atoms with Gasteiger partial charge >= 0.3 is 6.18 Å². The number of nitrogens with one attached hydrogen (secondary N) is 2. The van der Waals surface area contributed by atoms with E-state index in [4.69, 9.17) is 0 Å². The molecule has 3 rings (SSSR count). The molecule has 0 aromatic heterocycles. The molecule has 170 valence electrons. The van der Waals surface area contributed by atoms with Gasteiger partial charge < -0.3 is 4.90 Å². The van der Waals surface area contributed by atoms with E-state index in [0.717, 1.165) is 18.2 Å². The fraction of sp³-hybridized carbons (Fsp3) is 0.300. The average molecular weight is 454 g/mol. The van der Waals surface area contributed by atoms with Gasteiger partial charge in [0.2, 0.25) is 5.91 Å². The number of hydrogen-bond donors (Lipinski definition) is 2. The van der Waals surface area contributed by atoms with Gasteiger partial charge in [-0.15, -0.1) is 0 Å². The summed E-state index contributed by atoms with van der Waals surface area (Å²) in [6.45, 7) is 0.469. The second kappa shape index (κ2) is 9.20. The number of benzene rings is 2. The molecule has 0 radical (unpaired) electrons. The minimum Gasteiger partial charge on any atom is -0.338 e. The SMILES string of the molecule is O=C(NNc1ccc(C(F)(F)F)cc1[N+](=O)[O-])C1CCCN(C(=O)c2ccc(F)cc2)C1. The van der Waals surface area contributed by atoms with Gasteiger partial charge in [0.25, 0.3) is 11.6 Å². The number of nitro benzene ring substituents is 1. The molecule has 1 unspecified atom stereocenters. The molecule has 1 aliphatic heterocycles. The number of rotatable bonds is 5. The Morgan fingerprint density at radius 2 is 1.81 bits per heavy atom. The predicted octanol–water partition coefficient (Wildman–Crippen LogP) is 3.75. The van der Waals surface area contributed by atoms with Crippen LogP contribution in [-0.4, -0.2) is 34.7 Å². The highest BCUT2D eigenvalue weighted by Gasteiger charge is 2.33. The van der Waals surface area contributed by atoms with E-state index in [1.807, 2.05) is 0 Å². The monoisotopic (exact) mass is 454 g/mol.